The van der Waals surface area contributed by atoms with Crippen LogP contribution in [0.3, 0.4) is 0 Å². The highest BCUT2D eigenvalue weighted by atomic mass is 32.2. The average molecular weight is 295 g/mol. The molecular weight excluding hydrogens is 264 g/mol. The standard InChI is InChI=1S/C17H30N2S/c1-4-7-13-20-17(14-11-9-8-10-12-14)18-15(5-2)16(6-3)19-17/h14H,4-13H2,1-3H3. The van der Waals surface area contributed by atoms with Crippen LogP contribution in [-0.2, 0) is 0 Å². The summed E-state index contributed by atoms with van der Waals surface area (Å²) in [5.74, 6) is 1.87. The molecule has 0 atom stereocenters. The number of nitrogens with zero attached hydrogens (tertiary/aromatic N) is 2. The zero-order chi connectivity index (χ0) is 14.4. The molecule has 20 heavy (non-hydrogen) atoms. The second kappa shape index (κ2) is 7.63. The Morgan fingerprint density at radius 2 is 1.60 bits per heavy atom. The van der Waals surface area contributed by atoms with Crippen LogP contribution in [-0.4, -0.2) is 22.2 Å². The first kappa shape index (κ1) is 16.1. The minimum absolute atomic E-state index is 0.147. The van der Waals surface area contributed by atoms with Crippen LogP contribution in [0.15, 0.2) is 9.98 Å². The van der Waals surface area contributed by atoms with E-state index < -0.39 is 0 Å². The maximum atomic E-state index is 5.16. The fraction of sp³-hybridized carbons (Fsp3) is 0.882. The molecule has 1 heterocycles. The third-order valence-electron chi connectivity index (χ3n) is 4.54. The molecule has 1 fully saturated rings. The monoisotopic (exact) mass is 294 g/mol. The van der Waals surface area contributed by atoms with Gasteiger partial charge in [-0.1, -0.05) is 46.5 Å². The summed E-state index contributed by atoms with van der Waals surface area (Å²) in [4.78, 5) is 10.2. The SMILES string of the molecule is CCCCSC1(C2CCCCC2)N=C(CC)C(CC)=N1. The molecule has 0 aromatic heterocycles. The van der Waals surface area contributed by atoms with Gasteiger partial charge in [0.15, 0.2) is 4.99 Å². The van der Waals surface area contributed by atoms with Crippen LogP contribution in [0, 0.1) is 5.92 Å². The van der Waals surface area contributed by atoms with Gasteiger partial charge in [-0.3, -0.25) is 0 Å². The van der Waals surface area contributed by atoms with Crippen LogP contribution in [0.4, 0.5) is 0 Å². The first-order valence-electron chi connectivity index (χ1n) is 8.57. The molecule has 114 valence electrons. The van der Waals surface area contributed by atoms with Gasteiger partial charge in [0, 0.05) is 5.92 Å². The number of hydrogen-bond acceptors (Lipinski definition) is 3. The Morgan fingerprint density at radius 3 is 2.10 bits per heavy atom. The van der Waals surface area contributed by atoms with Gasteiger partial charge in [-0.15, -0.1) is 11.8 Å². The fourth-order valence-electron chi connectivity index (χ4n) is 3.32. The molecule has 0 aromatic carbocycles. The van der Waals surface area contributed by atoms with Crippen LogP contribution in [0.5, 0.6) is 0 Å². The lowest BCUT2D eigenvalue weighted by atomic mass is 9.87. The fourth-order valence-corrected chi connectivity index (χ4v) is 4.87. The maximum Gasteiger partial charge on any atom is 0.200 e. The van der Waals surface area contributed by atoms with Gasteiger partial charge < -0.3 is 0 Å². The molecule has 1 aliphatic heterocycles. The molecule has 1 saturated carbocycles. The molecule has 2 nitrogen and oxygen atoms in total. The van der Waals surface area contributed by atoms with Crippen LogP contribution in [0.2, 0.25) is 0 Å². The Bertz CT molecular complexity index is 347. The third-order valence-corrected chi connectivity index (χ3v) is 5.98. The topological polar surface area (TPSA) is 24.7 Å². The molecule has 0 spiro atoms. The van der Waals surface area contributed by atoms with Crippen LogP contribution < -0.4 is 0 Å². The Balaban J connectivity index is 2.20. The zero-order valence-electron chi connectivity index (χ0n) is 13.5. The first-order chi connectivity index (χ1) is 9.75. The number of hydrogen-bond donors (Lipinski definition) is 0. The molecule has 0 N–H and O–H groups in total. The number of thioether (sulfide) groups is 1. The molecule has 2 rings (SSSR count). The van der Waals surface area contributed by atoms with E-state index >= 15 is 0 Å². The van der Waals surface area contributed by atoms with Gasteiger partial charge in [-0.05, 0) is 37.9 Å². The van der Waals surface area contributed by atoms with Crippen molar-refractivity contribution in [3.63, 3.8) is 0 Å². The summed E-state index contributed by atoms with van der Waals surface area (Å²) in [5, 5.41) is 0. The summed E-state index contributed by atoms with van der Waals surface area (Å²) in [6.45, 7) is 6.71. The van der Waals surface area contributed by atoms with Crippen molar-refractivity contribution in [1.82, 2.24) is 0 Å². The lowest BCUT2D eigenvalue weighted by molar-refractivity contribution is 0.292. The Morgan fingerprint density at radius 1 is 1.00 bits per heavy atom. The van der Waals surface area contributed by atoms with E-state index in [9.17, 15) is 0 Å². The van der Waals surface area contributed by atoms with Crippen molar-refractivity contribution in [2.75, 3.05) is 5.75 Å². The van der Waals surface area contributed by atoms with E-state index in [2.05, 4.69) is 20.8 Å². The van der Waals surface area contributed by atoms with E-state index in [4.69, 9.17) is 9.98 Å². The highest BCUT2D eigenvalue weighted by molar-refractivity contribution is 8.00. The predicted molar refractivity (Wildman–Crippen MR) is 92.1 cm³/mol. The Labute approximate surface area is 128 Å². The molecule has 0 amide bonds. The summed E-state index contributed by atoms with van der Waals surface area (Å²) >= 11 is 2.03. The van der Waals surface area contributed by atoms with E-state index in [1.54, 1.807) is 0 Å². The van der Waals surface area contributed by atoms with Crippen molar-refractivity contribution in [3.8, 4) is 0 Å². The van der Waals surface area contributed by atoms with Crippen molar-refractivity contribution in [3.05, 3.63) is 0 Å². The van der Waals surface area contributed by atoms with Crippen molar-refractivity contribution in [1.29, 1.82) is 0 Å². The van der Waals surface area contributed by atoms with Crippen molar-refractivity contribution >= 4 is 23.2 Å². The van der Waals surface area contributed by atoms with Crippen molar-refractivity contribution in [2.24, 2.45) is 15.9 Å². The summed E-state index contributed by atoms with van der Waals surface area (Å²) < 4.78 is 0. The quantitative estimate of drug-likeness (QED) is 0.571. The first-order valence-corrected chi connectivity index (χ1v) is 9.56. The van der Waals surface area contributed by atoms with E-state index in [-0.39, 0.29) is 4.99 Å². The predicted octanol–water partition coefficient (Wildman–Crippen LogP) is 5.47. The van der Waals surface area contributed by atoms with Gasteiger partial charge in [-0.25, -0.2) is 9.98 Å². The second-order valence-corrected chi connectivity index (χ2v) is 7.32. The summed E-state index contributed by atoms with van der Waals surface area (Å²) in [7, 11) is 0. The number of rotatable bonds is 7. The van der Waals surface area contributed by atoms with E-state index in [1.807, 2.05) is 11.8 Å². The lowest BCUT2D eigenvalue weighted by Gasteiger charge is -2.34. The summed E-state index contributed by atoms with van der Waals surface area (Å²) in [6, 6.07) is 0. The van der Waals surface area contributed by atoms with Crippen molar-refractivity contribution in [2.45, 2.75) is 83.6 Å². The molecular formula is C17H30N2S. The van der Waals surface area contributed by atoms with E-state index in [1.165, 1.54) is 62.1 Å². The van der Waals surface area contributed by atoms with Crippen LogP contribution >= 0.6 is 11.8 Å². The largest absolute Gasteiger partial charge is 0.248 e. The van der Waals surface area contributed by atoms with Gasteiger partial charge in [0.05, 0.1) is 11.4 Å². The normalized spacial score (nSPS) is 22.8. The highest BCUT2D eigenvalue weighted by Crippen LogP contribution is 2.46. The van der Waals surface area contributed by atoms with Gasteiger partial charge >= 0.3 is 0 Å². The zero-order valence-corrected chi connectivity index (χ0v) is 14.3. The second-order valence-electron chi connectivity index (χ2n) is 6.02. The molecule has 0 unspecified atom stereocenters. The van der Waals surface area contributed by atoms with E-state index in [0.29, 0.717) is 5.92 Å². The van der Waals surface area contributed by atoms with Crippen LogP contribution in [0.1, 0.15) is 78.6 Å². The minimum atomic E-state index is -0.147. The lowest BCUT2D eigenvalue weighted by Crippen LogP contribution is -2.31. The smallest absolute Gasteiger partial charge is 0.200 e. The third kappa shape index (κ3) is 3.47. The molecule has 2 aliphatic rings. The van der Waals surface area contributed by atoms with Gasteiger partial charge in [0.1, 0.15) is 0 Å². The number of unbranched alkanes of at least 4 members (excludes halogenated alkanes) is 1. The highest BCUT2D eigenvalue weighted by Gasteiger charge is 2.43. The van der Waals surface area contributed by atoms with Crippen LogP contribution in [0.25, 0.3) is 0 Å². The molecule has 0 bridgehead atoms. The Kier molecular flexibility index (Phi) is 6.13. The molecule has 3 heteroatoms. The van der Waals surface area contributed by atoms with Gasteiger partial charge in [-0.2, -0.15) is 0 Å². The Hall–Kier alpha value is -0.310. The maximum absolute atomic E-state index is 5.16. The molecule has 0 saturated heterocycles. The molecule has 0 aromatic rings. The van der Waals surface area contributed by atoms with Crippen molar-refractivity contribution < 1.29 is 0 Å². The summed E-state index contributed by atoms with van der Waals surface area (Å²) in [5.41, 5.74) is 2.56. The van der Waals surface area contributed by atoms with E-state index in [0.717, 1.165) is 12.8 Å². The van der Waals surface area contributed by atoms with Gasteiger partial charge in [0.25, 0.3) is 0 Å². The minimum Gasteiger partial charge on any atom is -0.248 e. The van der Waals surface area contributed by atoms with Gasteiger partial charge in [0.2, 0.25) is 0 Å². The molecule has 1 aliphatic carbocycles. The number of aliphatic imine (C=N–C) groups is 2. The molecule has 0 radical (unpaired) electrons. The average Bonchev–Trinajstić information content (AvgIpc) is 2.88. The summed E-state index contributed by atoms with van der Waals surface area (Å²) in [6.07, 6.45) is 11.4.